The number of rotatable bonds is 10. The Morgan fingerprint density at radius 2 is 1.54 bits per heavy atom. The van der Waals surface area contributed by atoms with E-state index in [9.17, 15) is 14.7 Å². The second-order valence-electron chi connectivity index (χ2n) is 8.47. The Morgan fingerprint density at radius 1 is 0.949 bits per heavy atom. The maximum Gasteiger partial charge on any atom is 0.335 e. The number of nitrogens with zero attached hydrogens (tertiary/aromatic N) is 1. The molecule has 4 aromatic carbocycles. The van der Waals surface area contributed by atoms with Crippen LogP contribution in [0.1, 0.15) is 32.6 Å². The number of carboxylic acids is 1. The maximum atomic E-state index is 13.2. The summed E-state index contributed by atoms with van der Waals surface area (Å²) in [5.74, 6) is -0.839. The van der Waals surface area contributed by atoms with E-state index in [0.717, 1.165) is 5.56 Å². The van der Waals surface area contributed by atoms with Gasteiger partial charge in [0.2, 0.25) is 0 Å². The summed E-state index contributed by atoms with van der Waals surface area (Å²) in [6.45, 7) is 0.190. The smallest absolute Gasteiger partial charge is 0.335 e. The minimum Gasteiger partial charge on any atom is -0.493 e. The molecule has 0 heterocycles. The van der Waals surface area contributed by atoms with Crippen molar-refractivity contribution >= 4 is 34.0 Å². The first kappa shape index (κ1) is 27.6. The second-order valence-corrected chi connectivity index (χ2v) is 9.32. The third kappa shape index (κ3) is 6.34. The lowest BCUT2D eigenvalue weighted by Gasteiger charge is -2.27. The molecule has 9 heteroatoms. The normalized spacial score (nSPS) is 11.3. The van der Waals surface area contributed by atoms with Gasteiger partial charge in [-0.1, -0.05) is 72.8 Å². The minimum absolute atomic E-state index is 0.190. The number of nitrogens with one attached hydrogen (secondary N) is 1. The third-order valence-corrected chi connectivity index (χ3v) is 6.52. The van der Waals surface area contributed by atoms with Crippen LogP contribution < -0.4 is 14.9 Å². The topological polar surface area (TPSA) is 117 Å². The lowest BCUT2D eigenvalue weighted by atomic mass is 9.85. The van der Waals surface area contributed by atoms with E-state index in [-0.39, 0.29) is 12.2 Å². The summed E-state index contributed by atoms with van der Waals surface area (Å²) in [5.41, 5.74) is 2.90. The maximum absolute atomic E-state index is 13.2. The first-order valence-electron chi connectivity index (χ1n) is 11.8. The fourth-order valence-electron chi connectivity index (χ4n) is 3.89. The van der Waals surface area contributed by atoms with Gasteiger partial charge >= 0.3 is 5.97 Å². The highest BCUT2D eigenvalue weighted by Crippen LogP contribution is 2.37. The van der Waals surface area contributed by atoms with E-state index in [1.807, 2.05) is 0 Å². The molecule has 0 aliphatic heterocycles. The molecule has 0 atom stereocenters. The zero-order chi connectivity index (χ0) is 27.8. The summed E-state index contributed by atoms with van der Waals surface area (Å²) in [5, 5.41) is 24.6. The Labute approximate surface area is 233 Å². The van der Waals surface area contributed by atoms with Gasteiger partial charge in [0.15, 0.2) is 17.1 Å². The molecule has 0 bridgehead atoms. The van der Waals surface area contributed by atoms with Crippen molar-refractivity contribution in [3.8, 4) is 11.5 Å². The number of carbonyl (C=O) groups is 2. The SMILES string of the molecule is COc1cc(C=NNC(=O)C(O)(c2ccccc2)c2ccccc2)cc(Br)c1OCc1ccc(C(=O)O)cc1. The van der Waals surface area contributed by atoms with Crippen LogP contribution in [0.4, 0.5) is 0 Å². The van der Waals surface area contributed by atoms with E-state index in [0.29, 0.717) is 32.7 Å². The summed E-state index contributed by atoms with van der Waals surface area (Å²) < 4.78 is 12.0. The molecular formula is C30H25BrN2O6. The molecule has 0 saturated carbocycles. The molecule has 0 aliphatic rings. The molecule has 8 nitrogen and oxygen atoms in total. The van der Waals surface area contributed by atoms with Crippen LogP contribution in [-0.2, 0) is 17.0 Å². The molecule has 1 amide bonds. The number of ether oxygens (including phenoxy) is 2. The molecular weight excluding hydrogens is 564 g/mol. The zero-order valence-corrected chi connectivity index (χ0v) is 22.5. The van der Waals surface area contributed by atoms with E-state index in [1.54, 1.807) is 84.9 Å². The molecule has 4 rings (SSSR count). The van der Waals surface area contributed by atoms with E-state index >= 15 is 0 Å². The van der Waals surface area contributed by atoms with Crippen molar-refractivity contribution in [3.05, 3.63) is 129 Å². The summed E-state index contributed by atoms with van der Waals surface area (Å²) in [6, 6.07) is 27.1. The minimum atomic E-state index is -1.95. The molecule has 0 aliphatic carbocycles. The van der Waals surface area contributed by atoms with E-state index in [1.165, 1.54) is 25.5 Å². The highest BCUT2D eigenvalue weighted by Gasteiger charge is 2.39. The Balaban J connectivity index is 1.50. The first-order chi connectivity index (χ1) is 18.8. The van der Waals surface area contributed by atoms with E-state index in [2.05, 4.69) is 26.5 Å². The second kappa shape index (κ2) is 12.4. The summed E-state index contributed by atoms with van der Waals surface area (Å²) >= 11 is 3.49. The quantitative estimate of drug-likeness (QED) is 0.175. The standard InChI is InChI=1S/C30H25BrN2O6/c1-38-26-17-21(16-25(31)27(26)39-19-20-12-14-22(15-13-20)28(34)35)18-32-33-29(36)30(37,23-8-4-2-5-9-23)24-10-6-3-7-11-24/h2-18,37H,19H2,1H3,(H,33,36)(H,34,35). The number of hydrazone groups is 1. The van der Waals surface area contributed by atoms with Crippen LogP contribution in [0.2, 0.25) is 0 Å². The molecule has 0 spiro atoms. The van der Waals surface area contributed by atoms with Gasteiger partial charge in [-0.25, -0.2) is 10.2 Å². The molecule has 0 aromatic heterocycles. The van der Waals surface area contributed by atoms with Crippen molar-refractivity contribution in [1.82, 2.24) is 5.43 Å². The van der Waals surface area contributed by atoms with Gasteiger partial charge in [0.1, 0.15) is 6.61 Å². The average Bonchev–Trinajstić information content (AvgIpc) is 2.97. The monoisotopic (exact) mass is 588 g/mol. The van der Waals surface area contributed by atoms with Crippen molar-refractivity contribution in [2.45, 2.75) is 12.2 Å². The Kier molecular flexibility index (Phi) is 8.75. The summed E-state index contributed by atoms with van der Waals surface area (Å²) in [4.78, 5) is 24.3. The van der Waals surface area contributed by atoms with Crippen LogP contribution >= 0.6 is 15.9 Å². The molecule has 0 unspecified atom stereocenters. The largest absolute Gasteiger partial charge is 0.493 e. The molecule has 4 aromatic rings. The van der Waals surface area contributed by atoms with Gasteiger partial charge in [0, 0.05) is 0 Å². The lowest BCUT2D eigenvalue weighted by molar-refractivity contribution is -0.136. The van der Waals surface area contributed by atoms with Gasteiger partial charge in [0.05, 0.1) is 23.4 Å². The van der Waals surface area contributed by atoms with Gasteiger partial charge in [-0.05, 0) is 62.4 Å². The predicted molar refractivity (Wildman–Crippen MR) is 150 cm³/mol. The fourth-order valence-corrected chi connectivity index (χ4v) is 4.46. The van der Waals surface area contributed by atoms with E-state index < -0.39 is 17.5 Å². The number of aromatic carboxylic acids is 1. The van der Waals surface area contributed by atoms with Crippen molar-refractivity contribution < 1.29 is 29.3 Å². The predicted octanol–water partition coefficient (Wildman–Crippen LogP) is 5.12. The molecule has 39 heavy (non-hydrogen) atoms. The third-order valence-electron chi connectivity index (χ3n) is 5.93. The number of amides is 1. The van der Waals surface area contributed by atoms with Gasteiger partial charge in [-0.15, -0.1) is 0 Å². The molecule has 3 N–H and O–H groups in total. The van der Waals surface area contributed by atoms with E-state index in [4.69, 9.17) is 14.6 Å². The van der Waals surface area contributed by atoms with Crippen molar-refractivity contribution in [2.24, 2.45) is 5.10 Å². The number of aliphatic hydroxyl groups is 1. The van der Waals surface area contributed by atoms with Crippen molar-refractivity contribution in [1.29, 1.82) is 0 Å². The number of benzene rings is 4. The van der Waals surface area contributed by atoms with Crippen LogP contribution in [0.3, 0.4) is 0 Å². The van der Waals surface area contributed by atoms with Gasteiger partial charge in [0.25, 0.3) is 5.91 Å². The van der Waals surface area contributed by atoms with Crippen LogP contribution in [0.25, 0.3) is 0 Å². The number of carbonyl (C=O) groups excluding carboxylic acids is 1. The Morgan fingerprint density at radius 3 is 2.08 bits per heavy atom. The number of carboxylic acid groups (broad SMARTS) is 1. The number of hydrogen-bond donors (Lipinski definition) is 3. The molecule has 0 radical (unpaired) electrons. The zero-order valence-electron chi connectivity index (χ0n) is 20.9. The highest BCUT2D eigenvalue weighted by atomic mass is 79.9. The van der Waals surface area contributed by atoms with Crippen molar-refractivity contribution in [3.63, 3.8) is 0 Å². The van der Waals surface area contributed by atoms with Gasteiger partial charge in [-0.3, -0.25) is 4.79 Å². The molecule has 0 fully saturated rings. The van der Waals surface area contributed by atoms with Crippen molar-refractivity contribution in [2.75, 3.05) is 7.11 Å². The van der Waals surface area contributed by atoms with Crippen LogP contribution in [0, 0.1) is 0 Å². The fraction of sp³-hybridized carbons (Fsp3) is 0.100. The van der Waals surface area contributed by atoms with Crippen LogP contribution in [0.5, 0.6) is 11.5 Å². The molecule has 0 saturated heterocycles. The van der Waals surface area contributed by atoms with Gasteiger partial charge < -0.3 is 19.7 Å². The average molecular weight is 589 g/mol. The Bertz CT molecular complexity index is 1440. The van der Waals surface area contributed by atoms with Crippen LogP contribution in [0.15, 0.2) is 107 Å². The molecule has 198 valence electrons. The number of methoxy groups -OCH3 is 1. The lowest BCUT2D eigenvalue weighted by Crippen LogP contribution is -2.43. The Hall–Kier alpha value is -4.47. The number of hydrogen-bond acceptors (Lipinski definition) is 6. The first-order valence-corrected chi connectivity index (χ1v) is 12.6. The summed E-state index contributed by atoms with van der Waals surface area (Å²) in [6.07, 6.45) is 1.43. The van der Waals surface area contributed by atoms with Crippen LogP contribution in [-0.4, -0.2) is 35.4 Å². The highest BCUT2D eigenvalue weighted by molar-refractivity contribution is 9.10. The van der Waals surface area contributed by atoms with Gasteiger partial charge in [-0.2, -0.15) is 5.10 Å². The number of halogens is 1. The summed E-state index contributed by atoms with van der Waals surface area (Å²) in [7, 11) is 1.50.